The maximum Gasteiger partial charge on any atom is 0.213 e. The minimum Gasteiger partial charge on any atom is -0.464 e. The quantitative estimate of drug-likeness (QED) is 0.109. The zero-order chi connectivity index (χ0) is 31.2. The van der Waals surface area contributed by atoms with Gasteiger partial charge in [-0.2, -0.15) is 23.5 Å². The van der Waals surface area contributed by atoms with E-state index >= 15 is 0 Å². The SMILES string of the molecule is c1ccc(CSC[C@H]2OC(Oc3ccccc3)[C@H](SCc3ccccc3)[C@@H](SCc3ccccc3)[C@@H]2SCc2ccccc2)cc1. The summed E-state index contributed by atoms with van der Waals surface area (Å²) in [6.45, 7) is 0. The molecule has 6 rings (SSSR count). The molecule has 0 amide bonds. The van der Waals surface area contributed by atoms with Crippen molar-refractivity contribution in [2.75, 3.05) is 5.75 Å². The molecule has 1 fully saturated rings. The van der Waals surface area contributed by atoms with E-state index in [1.807, 2.05) is 53.9 Å². The fourth-order valence-electron chi connectivity index (χ4n) is 5.48. The van der Waals surface area contributed by atoms with Crippen LogP contribution in [0.3, 0.4) is 0 Å². The van der Waals surface area contributed by atoms with Crippen LogP contribution in [0.5, 0.6) is 5.75 Å². The smallest absolute Gasteiger partial charge is 0.213 e. The first-order valence-corrected chi connectivity index (χ1v) is 20.1. The number of hydrogen-bond donors (Lipinski definition) is 0. The molecule has 0 N–H and O–H groups in total. The molecule has 0 aromatic heterocycles. The Morgan fingerprint density at radius 1 is 0.435 bits per heavy atom. The second kappa shape index (κ2) is 18.0. The molecule has 1 aliphatic rings. The molecule has 0 radical (unpaired) electrons. The van der Waals surface area contributed by atoms with Crippen molar-refractivity contribution in [3.8, 4) is 5.75 Å². The van der Waals surface area contributed by atoms with Gasteiger partial charge in [-0.25, -0.2) is 0 Å². The van der Waals surface area contributed by atoms with Crippen LogP contribution in [-0.4, -0.2) is 33.9 Å². The Balaban J connectivity index is 1.31. The van der Waals surface area contributed by atoms with E-state index in [9.17, 15) is 0 Å². The third kappa shape index (κ3) is 9.88. The lowest BCUT2D eigenvalue weighted by Crippen LogP contribution is -2.56. The Kier molecular flexibility index (Phi) is 13.0. The average Bonchev–Trinajstić information content (AvgIpc) is 3.12. The second-order valence-electron chi connectivity index (χ2n) is 11.3. The van der Waals surface area contributed by atoms with Gasteiger partial charge >= 0.3 is 0 Å². The summed E-state index contributed by atoms with van der Waals surface area (Å²) in [5.41, 5.74) is 5.38. The molecule has 236 valence electrons. The molecular formula is C40H40O2S4. The van der Waals surface area contributed by atoms with Crippen molar-refractivity contribution in [2.24, 2.45) is 0 Å². The van der Waals surface area contributed by atoms with Crippen molar-refractivity contribution in [3.63, 3.8) is 0 Å². The van der Waals surface area contributed by atoms with Gasteiger partial charge < -0.3 is 9.47 Å². The van der Waals surface area contributed by atoms with Crippen LogP contribution in [0.15, 0.2) is 152 Å². The maximum absolute atomic E-state index is 7.11. The predicted molar refractivity (Wildman–Crippen MR) is 203 cm³/mol. The van der Waals surface area contributed by atoms with Crippen LogP contribution < -0.4 is 4.74 Å². The number of para-hydroxylation sites is 1. The third-order valence-corrected chi connectivity index (χ3v) is 13.6. The van der Waals surface area contributed by atoms with Gasteiger partial charge in [0.05, 0.1) is 11.4 Å². The van der Waals surface area contributed by atoms with E-state index in [-0.39, 0.29) is 17.6 Å². The summed E-state index contributed by atoms with van der Waals surface area (Å²) < 4.78 is 13.9. The van der Waals surface area contributed by atoms with Crippen LogP contribution in [0.25, 0.3) is 0 Å². The van der Waals surface area contributed by atoms with E-state index in [0.29, 0.717) is 10.5 Å². The topological polar surface area (TPSA) is 18.5 Å². The summed E-state index contributed by atoms with van der Waals surface area (Å²) in [6, 6.07) is 53.5. The molecule has 5 atom stereocenters. The fourth-order valence-corrected chi connectivity index (χ4v) is 11.5. The van der Waals surface area contributed by atoms with Gasteiger partial charge in [0.15, 0.2) is 0 Å². The van der Waals surface area contributed by atoms with Gasteiger partial charge in [0.25, 0.3) is 0 Å². The molecule has 0 saturated carbocycles. The monoisotopic (exact) mass is 680 g/mol. The first kappa shape index (κ1) is 33.2. The standard InChI is InChI=1S/C40H40O2S4/c1-6-16-31(17-7-1)26-43-30-36-37(44-27-32-18-8-2-9-19-32)38(45-28-33-20-10-3-11-21-33)39(46-29-34-22-12-4-13-23-34)40(42-36)41-35-24-14-5-15-25-35/h1-25,36-40H,26-30H2/t36-,37-,38+,39-,40?/m1/s1. The Hall–Kier alpha value is -2.74. The molecule has 5 aromatic rings. The van der Waals surface area contributed by atoms with Crippen LogP contribution in [0, 0.1) is 0 Å². The van der Waals surface area contributed by atoms with Crippen molar-refractivity contribution in [1.82, 2.24) is 0 Å². The average molecular weight is 681 g/mol. The van der Waals surface area contributed by atoms with E-state index in [1.54, 1.807) is 0 Å². The first-order chi connectivity index (χ1) is 22.8. The molecule has 0 aliphatic carbocycles. The van der Waals surface area contributed by atoms with Crippen LogP contribution in [0.4, 0.5) is 0 Å². The molecule has 46 heavy (non-hydrogen) atoms. The van der Waals surface area contributed by atoms with Gasteiger partial charge in [0.2, 0.25) is 6.29 Å². The number of rotatable bonds is 15. The van der Waals surface area contributed by atoms with E-state index in [4.69, 9.17) is 9.47 Å². The normalized spacial score (nSPS) is 21.1. The molecule has 1 aliphatic heterocycles. The molecule has 6 heteroatoms. The summed E-state index contributed by atoms with van der Waals surface area (Å²) in [4.78, 5) is 0. The minimum absolute atomic E-state index is 0.0398. The Labute approximate surface area is 291 Å². The molecule has 0 bridgehead atoms. The third-order valence-electron chi connectivity index (χ3n) is 7.84. The number of ether oxygens (including phenoxy) is 2. The second-order valence-corrected chi connectivity index (χ2v) is 15.8. The highest BCUT2D eigenvalue weighted by Crippen LogP contribution is 2.46. The maximum atomic E-state index is 7.11. The first-order valence-electron chi connectivity index (χ1n) is 15.8. The van der Waals surface area contributed by atoms with E-state index in [1.165, 1.54) is 22.3 Å². The van der Waals surface area contributed by atoms with E-state index in [0.717, 1.165) is 34.5 Å². The summed E-state index contributed by atoms with van der Waals surface area (Å²) in [5, 5.41) is 0.742. The lowest BCUT2D eigenvalue weighted by Gasteiger charge is -2.46. The summed E-state index contributed by atoms with van der Waals surface area (Å²) in [5.74, 6) is 5.56. The Morgan fingerprint density at radius 2 is 0.826 bits per heavy atom. The molecule has 0 spiro atoms. The highest BCUT2D eigenvalue weighted by Gasteiger charge is 2.47. The van der Waals surface area contributed by atoms with Crippen LogP contribution >= 0.6 is 47.0 Å². The molecule has 1 unspecified atom stereocenters. The van der Waals surface area contributed by atoms with Gasteiger partial charge in [0, 0.05) is 39.3 Å². The van der Waals surface area contributed by atoms with Crippen molar-refractivity contribution in [2.45, 2.75) is 51.2 Å². The molecule has 1 saturated heterocycles. The molecule has 1 heterocycles. The number of benzene rings is 5. The largest absolute Gasteiger partial charge is 0.464 e. The highest BCUT2D eigenvalue weighted by atomic mass is 32.2. The van der Waals surface area contributed by atoms with Crippen molar-refractivity contribution < 1.29 is 9.47 Å². The summed E-state index contributed by atoms with van der Waals surface area (Å²) >= 11 is 8.07. The molecule has 2 nitrogen and oxygen atoms in total. The van der Waals surface area contributed by atoms with Crippen LogP contribution in [0.1, 0.15) is 22.3 Å². The zero-order valence-electron chi connectivity index (χ0n) is 25.8. The molecule has 5 aromatic carbocycles. The molecular weight excluding hydrogens is 641 g/mol. The summed E-state index contributed by atoms with van der Waals surface area (Å²) in [6.07, 6.45) is -0.321. The fraction of sp³-hybridized carbons (Fsp3) is 0.250. The zero-order valence-corrected chi connectivity index (χ0v) is 29.1. The number of hydrogen-bond acceptors (Lipinski definition) is 6. The van der Waals surface area contributed by atoms with Crippen molar-refractivity contribution in [3.05, 3.63) is 174 Å². The van der Waals surface area contributed by atoms with Gasteiger partial charge in [-0.1, -0.05) is 140 Å². The Morgan fingerprint density at radius 3 is 1.30 bits per heavy atom. The lowest BCUT2D eigenvalue weighted by molar-refractivity contribution is -0.130. The van der Waals surface area contributed by atoms with Crippen molar-refractivity contribution in [1.29, 1.82) is 0 Å². The Bertz CT molecular complexity index is 1540. The van der Waals surface area contributed by atoms with Crippen LogP contribution in [0.2, 0.25) is 0 Å². The van der Waals surface area contributed by atoms with Gasteiger partial charge in [-0.15, -0.1) is 23.5 Å². The van der Waals surface area contributed by atoms with Crippen LogP contribution in [-0.2, 0) is 27.7 Å². The van der Waals surface area contributed by atoms with Gasteiger partial charge in [-0.05, 0) is 34.4 Å². The highest BCUT2D eigenvalue weighted by molar-refractivity contribution is 8.05. The minimum atomic E-state index is -0.361. The van der Waals surface area contributed by atoms with Gasteiger partial charge in [0.1, 0.15) is 5.75 Å². The number of thioether (sulfide) groups is 4. The summed E-state index contributed by atoms with van der Waals surface area (Å²) in [7, 11) is 0. The lowest BCUT2D eigenvalue weighted by atomic mass is 10.1. The predicted octanol–water partition coefficient (Wildman–Crippen LogP) is 10.6. The van der Waals surface area contributed by atoms with E-state index in [2.05, 4.69) is 145 Å². The van der Waals surface area contributed by atoms with E-state index < -0.39 is 0 Å². The van der Waals surface area contributed by atoms with Gasteiger partial charge in [-0.3, -0.25) is 0 Å². The van der Waals surface area contributed by atoms with Crippen molar-refractivity contribution >= 4 is 47.0 Å².